The molecule has 1 aromatic carbocycles. The molecule has 2 aromatic rings. The lowest BCUT2D eigenvalue weighted by atomic mass is 10.2. The lowest BCUT2D eigenvalue weighted by Gasteiger charge is -2.17. The first-order chi connectivity index (χ1) is 14.8. The van der Waals surface area contributed by atoms with Crippen LogP contribution in [0, 0.1) is 25.2 Å². The molecule has 2 amide bonds. The number of ether oxygens (including phenoxy) is 1. The number of nitrogens with zero attached hydrogens (tertiary/aromatic N) is 3. The van der Waals surface area contributed by atoms with Gasteiger partial charge in [0.05, 0.1) is 24.3 Å². The summed E-state index contributed by atoms with van der Waals surface area (Å²) in [7, 11) is 3.33. The molecule has 2 rings (SSSR count). The summed E-state index contributed by atoms with van der Waals surface area (Å²) in [6.45, 7) is 5.07. The van der Waals surface area contributed by atoms with Crippen LogP contribution in [0.2, 0.25) is 0 Å². The molecule has 166 valence electrons. The number of amides is 2. The van der Waals surface area contributed by atoms with Crippen LogP contribution in [0.3, 0.4) is 0 Å². The zero-order valence-corrected chi connectivity index (χ0v) is 19.9. The van der Waals surface area contributed by atoms with Crippen LogP contribution in [0.1, 0.15) is 23.2 Å². The number of anilines is 2. The third kappa shape index (κ3) is 6.66. The summed E-state index contributed by atoms with van der Waals surface area (Å²) < 4.78 is 7.83. The van der Waals surface area contributed by atoms with E-state index < -0.39 is 0 Å². The van der Waals surface area contributed by atoms with Crippen LogP contribution >= 0.6 is 15.9 Å². The van der Waals surface area contributed by atoms with Crippen LogP contribution in [0.25, 0.3) is 0 Å². The number of aromatic nitrogens is 1. The standard InChI is InChI=1S/C22H28BrN5O3/c1-15-16(2)28(10-7-11-31-4)22(17(15)12-24)26-21(30)14-27(3)13-20(29)25-19-9-6-5-8-18(19)23/h5-6,8-9H,7,10-11,13-14H2,1-4H3,(H,25,29)(H,26,30). The number of likely N-dealkylation sites (N-methyl/N-ethyl adjacent to an activating group) is 1. The topological polar surface area (TPSA) is 99.4 Å². The van der Waals surface area contributed by atoms with E-state index in [0.29, 0.717) is 30.2 Å². The molecule has 0 aliphatic heterocycles. The molecule has 0 atom stereocenters. The Morgan fingerprint density at radius 2 is 1.84 bits per heavy atom. The molecule has 31 heavy (non-hydrogen) atoms. The lowest BCUT2D eigenvalue weighted by Crippen LogP contribution is -2.36. The van der Waals surface area contributed by atoms with Crippen molar-refractivity contribution in [1.82, 2.24) is 9.47 Å². The molecule has 9 heteroatoms. The molecule has 1 heterocycles. The quantitative estimate of drug-likeness (QED) is 0.498. The van der Waals surface area contributed by atoms with Gasteiger partial charge >= 0.3 is 0 Å². The average Bonchev–Trinajstić information content (AvgIpc) is 2.93. The number of hydrogen-bond donors (Lipinski definition) is 2. The van der Waals surface area contributed by atoms with E-state index in [-0.39, 0.29) is 24.9 Å². The Balaban J connectivity index is 2.01. The first kappa shape index (κ1) is 24.6. The smallest absolute Gasteiger partial charge is 0.239 e. The van der Waals surface area contributed by atoms with Crippen molar-refractivity contribution in [2.24, 2.45) is 0 Å². The van der Waals surface area contributed by atoms with Crippen LogP contribution in [-0.4, -0.2) is 55.1 Å². The molecule has 0 spiro atoms. The highest BCUT2D eigenvalue weighted by atomic mass is 79.9. The van der Waals surface area contributed by atoms with Crippen LogP contribution in [-0.2, 0) is 20.9 Å². The largest absolute Gasteiger partial charge is 0.385 e. The fourth-order valence-corrected chi connectivity index (χ4v) is 3.63. The molecule has 0 fully saturated rings. The van der Waals surface area contributed by atoms with E-state index >= 15 is 0 Å². The molecular formula is C22H28BrN5O3. The van der Waals surface area contributed by atoms with Gasteiger partial charge < -0.3 is 19.9 Å². The van der Waals surface area contributed by atoms with Crippen LogP contribution < -0.4 is 10.6 Å². The Hall–Kier alpha value is -2.67. The second-order valence-electron chi connectivity index (χ2n) is 7.29. The second kappa shape index (κ2) is 11.6. The van der Waals surface area contributed by atoms with E-state index in [0.717, 1.165) is 22.2 Å². The first-order valence-corrected chi connectivity index (χ1v) is 10.7. The van der Waals surface area contributed by atoms with Crippen LogP contribution in [0.5, 0.6) is 0 Å². The van der Waals surface area contributed by atoms with Gasteiger partial charge in [0.1, 0.15) is 11.9 Å². The van der Waals surface area contributed by atoms with Crippen molar-refractivity contribution < 1.29 is 14.3 Å². The summed E-state index contributed by atoms with van der Waals surface area (Å²) in [6, 6.07) is 9.51. The molecule has 0 aliphatic rings. The number of methoxy groups -OCH3 is 1. The van der Waals surface area contributed by atoms with Crippen molar-refractivity contribution in [3.05, 3.63) is 45.6 Å². The van der Waals surface area contributed by atoms with E-state index in [9.17, 15) is 14.9 Å². The van der Waals surface area contributed by atoms with Crippen molar-refractivity contribution in [3.8, 4) is 6.07 Å². The number of halogens is 1. The number of hydrogen-bond acceptors (Lipinski definition) is 5. The highest BCUT2D eigenvalue weighted by molar-refractivity contribution is 9.10. The number of rotatable bonds is 10. The fourth-order valence-electron chi connectivity index (χ4n) is 3.25. The Morgan fingerprint density at radius 1 is 1.19 bits per heavy atom. The summed E-state index contributed by atoms with van der Waals surface area (Å²) in [5.74, 6) is -0.0302. The van der Waals surface area contributed by atoms with Gasteiger partial charge in [0.25, 0.3) is 0 Å². The van der Waals surface area contributed by atoms with Crippen molar-refractivity contribution >= 4 is 39.2 Å². The van der Waals surface area contributed by atoms with Gasteiger partial charge in [-0.3, -0.25) is 14.5 Å². The van der Waals surface area contributed by atoms with Crippen molar-refractivity contribution in [1.29, 1.82) is 5.26 Å². The molecule has 2 N–H and O–H groups in total. The molecule has 0 bridgehead atoms. The molecule has 0 unspecified atom stereocenters. The number of benzene rings is 1. The van der Waals surface area contributed by atoms with Gasteiger partial charge in [-0.1, -0.05) is 12.1 Å². The maximum absolute atomic E-state index is 12.6. The minimum atomic E-state index is -0.293. The SMILES string of the molecule is COCCCn1c(C)c(C)c(C#N)c1NC(=O)CN(C)CC(=O)Nc1ccccc1Br. The van der Waals surface area contributed by atoms with Gasteiger partial charge in [-0.25, -0.2) is 0 Å². The van der Waals surface area contributed by atoms with Crippen molar-refractivity contribution in [2.45, 2.75) is 26.8 Å². The predicted octanol–water partition coefficient (Wildman–Crippen LogP) is 3.28. The summed E-state index contributed by atoms with van der Waals surface area (Å²) >= 11 is 3.39. The van der Waals surface area contributed by atoms with Gasteiger partial charge in [-0.2, -0.15) is 5.26 Å². The van der Waals surface area contributed by atoms with Crippen molar-refractivity contribution in [2.75, 3.05) is 44.5 Å². The minimum absolute atomic E-state index is 0.00952. The van der Waals surface area contributed by atoms with E-state index in [1.54, 1.807) is 25.1 Å². The van der Waals surface area contributed by atoms with E-state index in [1.165, 1.54) is 0 Å². The van der Waals surface area contributed by atoms with Gasteiger partial charge in [0, 0.05) is 30.4 Å². The molecule has 1 aromatic heterocycles. The summed E-state index contributed by atoms with van der Waals surface area (Å²) in [4.78, 5) is 26.6. The van der Waals surface area contributed by atoms with Gasteiger partial charge in [0.2, 0.25) is 11.8 Å². The third-order valence-corrected chi connectivity index (χ3v) is 5.60. The monoisotopic (exact) mass is 489 g/mol. The van der Waals surface area contributed by atoms with E-state index in [1.807, 2.05) is 36.6 Å². The molecule has 0 radical (unpaired) electrons. The van der Waals surface area contributed by atoms with E-state index in [4.69, 9.17) is 4.74 Å². The predicted molar refractivity (Wildman–Crippen MR) is 124 cm³/mol. The molecular weight excluding hydrogens is 462 g/mol. The Bertz CT molecular complexity index is 980. The zero-order valence-electron chi connectivity index (χ0n) is 18.3. The number of carbonyl (C=O) groups excluding carboxylic acids is 2. The number of nitrogens with one attached hydrogen (secondary N) is 2. The minimum Gasteiger partial charge on any atom is -0.385 e. The Kier molecular flexibility index (Phi) is 9.24. The van der Waals surface area contributed by atoms with Crippen LogP contribution in [0.4, 0.5) is 11.5 Å². The zero-order chi connectivity index (χ0) is 23.0. The first-order valence-electron chi connectivity index (χ1n) is 9.90. The number of para-hydroxylation sites is 1. The average molecular weight is 490 g/mol. The lowest BCUT2D eigenvalue weighted by molar-refractivity contribution is -0.119. The Morgan fingerprint density at radius 3 is 2.45 bits per heavy atom. The summed E-state index contributed by atoms with van der Waals surface area (Å²) in [5, 5.41) is 15.3. The molecule has 0 aliphatic carbocycles. The maximum atomic E-state index is 12.6. The third-order valence-electron chi connectivity index (χ3n) is 4.90. The van der Waals surface area contributed by atoms with Gasteiger partial charge in [0.15, 0.2) is 0 Å². The molecule has 0 saturated heterocycles. The van der Waals surface area contributed by atoms with Crippen molar-refractivity contribution in [3.63, 3.8) is 0 Å². The normalized spacial score (nSPS) is 10.7. The van der Waals surface area contributed by atoms with Gasteiger partial charge in [-0.15, -0.1) is 0 Å². The highest BCUT2D eigenvalue weighted by Gasteiger charge is 2.20. The van der Waals surface area contributed by atoms with Gasteiger partial charge in [-0.05, 0) is 60.9 Å². The number of nitriles is 1. The maximum Gasteiger partial charge on any atom is 0.239 e. The summed E-state index contributed by atoms with van der Waals surface area (Å²) in [5.41, 5.74) is 2.90. The summed E-state index contributed by atoms with van der Waals surface area (Å²) in [6.07, 6.45) is 0.758. The fraction of sp³-hybridized carbons (Fsp3) is 0.409. The van der Waals surface area contributed by atoms with E-state index in [2.05, 4.69) is 32.6 Å². The highest BCUT2D eigenvalue weighted by Crippen LogP contribution is 2.26. The number of carbonyl (C=O) groups is 2. The second-order valence-corrected chi connectivity index (χ2v) is 8.15. The molecule has 0 saturated carbocycles. The Labute approximate surface area is 191 Å². The molecule has 8 nitrogen and oxygen atoms in total. The van der Waals surface area contributed by atoms with Crippen LogP contribution in [0.15, 0.2) is 28.7 Å².